The number of sulfonamides is 1. The molecule has 0 saturated carbocycles. The third kappa shape index (κ3) is 3.94. The van der Waals surface area contributed by atoms with E-state index in [1.165, 1.54) is 21.7 Å². The van der Waals surface area contributed by atoms with Crippen LogP contribution in [0.5, 0.6) is 0 Å². The Balaban J connectivity index is 1.65. The Bertz CT molecular complexity index is 1480. The monoisotopic (exact) mass is 480 g/mol. The Morgan fingerprint density at radius 2 is 1.79 bits per heavy atom. The van der Waals surface area contributed by atoms with E-state index in [0.717, 1.165) is 38.8 Å². The van der Waals surface area contributed by atoms with Crippen molar-refractivity contribution < 1.29 is 12.8 Å². The molecule has 5 rings (SSSR count). The molecule has 1 atom stereocenters. The molecule has 33 heavy (non-hydrogen) atoms. The van der Waals surface area contributed by atoms with Crippen LogP contribution in [-0.2, 0) is 29.4 Å². The van der Waals surface area contributed by atoms with Crippen LogP contribution in [0.2, 0.25) is 0 Å². The maximum atomic E-state index is 14.0. The summed E-state index contributed by atoms with van der Waals surface area (Å²) >= 11 is 1.46. The van der Waals surface area contributed by atoms with Gasteiger partial charge in [0.05, 0.1) is 11.4 Å². The minimum absolute atomic E-state index is 0.0288. The molecule has 0 saturated heterocycles. The van der Waals surface area contributed by atoms with Crippen molar-refractivity contribution in [1.82, 2.24) is 0 Å². The van der Waals surface area contributed by atoms with Gasteiger partial charge in [-0.1, -0.05) is 36.4 Å². The summed E-state index contributed by atoms with van der Waals surface area (Å²) in [6.45, 7) is 3.76. The minimum Gasteiger partial charge on any atom is -0.327 e. The number of anilines is 1. The molecule has 1 unspecified atom stereocenters. The fourth-order valence-electron chi connectivity index (χ4n) is 4.55. The van der Waals surface area contributed by atoms with Gasteiger partial charge in [0.15, 0.2) is 0 Å². The molecule has 0 fully saturated rings. The summed E-state index contributed by atoms with van der Waals surface area (Å²) in [5.41, 5.74) is 10.3. The maximum Gasteiger partial charge on any atom is 0.265 e. The minimum atomic E-state index is -3.88. The Hall–Kier alpha value is -2.74. The van der Waals surface area contributed by atoms with Gasteiger partial charge in [-0.25, -0.2) is 12.8 Å². The lowest BCUT2D eigenvalue weighted by Crippen LogP contribution is -2.30. The van der Waals surface area contributed by atoms with Crippen molar-refractivity contribution in [3.05, 3.63) is 94.3 Å². The Kier molecular flexibility index (Phi) is 5.51. The quantitative estimate of drug-likeness (QED) is 0.411. The second-order valence-corrected chi connectivity index (χ2v) is 11.6. The molecule has 0 radical (unpaired) electrons. The number of nitrogens with two attached hydrogens (primary N) is 1. The SMILES string of the molecule is Cc1cc(CN(c2sc3ccccc3c2C)S(=O)(=O)c2ccc3c(c2)CC(N)C3)ccc1F. The molecule has 0 spiro atoms. The van der Waals surface area contributed by atoms with Crippen LogP contribution in [0.3, 0.4) is 0 Å². The number of hydrogen-bond acceptors (Lipinski definition) is 4. The number of aryl methyl sites for hydroxylation is 2. The van der Waals surface area contributed by atoms with Crippen LogP contribution < -0.4 is 10.0 Å². The van der Waals surface area contributed by atoms with E-state index in [0.29, 0.717) is 17.0 Å². The van der Waals surface area contributed by atoms with Crippen molar-refractivity contribution in [3.63, 3.8) is 0 Å². The molecular weight excluding hydrogens is 455 g/mol. The van der Waals surface area contributed by atoms with Gasteiger partial charge in [0, 0.05) is 10.7 Å². The molecule has 4 aromatic rings. The van der Waals surface area contributed by atoms with E-state index in [4.69, 9.17) is 5.73 Å². The second kappa shape index (κ2) is 8.24. The van der Waals surface area contributed by atoms with E-state index >= 15 is 0 Å². The van der Waals surface area contributed by atoms with Crippen molar-refractivity contribution in [2.45, 2.75) is 44.2 Å². The molecule has 1 aromatic heterocycles. The number of fused-ring (bicyclic) bond motifs is 2. The van der Waals surface area contributed by atoms with Gasteiger partial charge in [-0.15, -0.1) is 11.3 Å². The Morgan fingerprint density at radius 1 is 1.03 bits per heavy atom. The molecular formula is C26H25FN2O2S2. The van der Waals surface area contributed by atoms with Crippen molar-refractivity contribution in [2.75, 3.05) is 4.31 Å². The molecule has 170 valence electrons. The van der Waals surface area contributed by atoms with Crippen molar-refractivity contribution >= 4 is 36.4 Å². The van der Waals surface area contributed by atoms with Gasteiger partial charge < -0.3 is 5.73 Å². The lowest BCUT2D eigenvalue weighted by molar-refractivity contribution is 0.590. The van der Waals surface area contributed by atoms with Gasteiger partial charge in [-0.05, 0) is 84.2 Å². The highest BCUT2D eigenvalue weighted by molar-refractivity contribution is 7.93. The molecule has 1 heterocycles. The number of hydrogen-bond donors (Lipinski definition) is 1. The average Bonchev–Trinajstić information content (AvgIpc) is 3.32. The molecule has 3 aromatic carbocycles. The molecule has 0 amide bonds. The standard InChI is InChI=1S/C26H25FN2O2S2/c1-16-11-18(7-10-24(16)27)15-29(26-17(2)23-5-3-4-6-25(23)32-26)33(30,31)22-9-8-19-12-21(28)13-20(19)14-22/h3-11,14,21H,12-13,15,28H2,1-2H3. The van der Waals surface area contributed by atoms with Gasteiger partial charge in [0.25, 0.3) is 10.0 Å². The molecule has 0 bridgehead atoms. The first-order valence-corrected chi connectivity index (χ1v) is 13.1. The summed E-state index contributed by atoms with van der Waals surface area (Å²) in [4.78, 5) is 0.256. The summed E-state index contributed by atoms with van der Waals surface area (Å²) < 4.78 is 44.4. The predicted octanol–water partition coefficient (Wildman–Crippen LogP) is 5.48. The van der Waals surface area contributed by atoms with E-state index < -0.39 is 10.0 Å². The van der Waals surface area contributed by atoms with E-state index in [-0.39, 0.29) is 23.3 Å². The van der Waals surface area contributed by atoms with Crippen molar-refractivity contribution in [1.29, 1.82) is 0 Å². The largest absolute Gasteiger partial charge is 0.327 e. The first-order valence-electron chi connectivity index (χ1n) is 10.9. The molecule has 2 N–H and O–H groups in total. The molecule has 1 aliphatic carbocycles. The van der Waals surface area contributed by atoms with E-state index in [1.807, 2.05) is 37.3 Å². The van der Waals surface area contributed by atoms with E-state index in [1.54, 1.807) is 31.2 Å². The maximum absolute atomic E-state index is 14.0. The summed E-state index contributed by atoms with van der Waals surface area (Å²) in [6.07, 6.45) is 1.45. The third-order valence-electron chi connectivity index (χ3n) is 6.32. The highest BCUT2D eigenvalue weighted by Crippen LogP contribution is 2.41. The zero-order valence-electron chi connectivity index (χ0n) is 18.5. The Labute approximate surface area is 197 Å². The van der Waals surface area contributed by atoms with Crippen LogP contribution in [0.4, 0.5) is 9.39 Å². The number of thiophene rings is 1. The van der Waals surface area contributed by atoms with Crippen LogP contribution in [0.15, 0.2) is 65.6 Å². The molecule has 7 heteroatoms. The van der Waals surface area contributed by atoms with Crippen molar-refractivity contribution in [3.8, 4) is 0 Å². The van der Waals surface area contributed by atoms with Gasteiger partial charge in [-0.3, -0.25) is 4.31 Å². The first-order chi connectivity index (χ1) is 15.7. The van der Waals surface area contributed by atoms with Gasteiger partial charge >= 0.3 is 0 Å². The molecule has 1 aliphatic rings. The normalized spacial score (nSPS) is 15.7. The zero-order valence-corrected chi connectivity index (χ0v) is 20.1. The molecule has 4 nitrogen and oxygen atoms in total. The van der Waals surface area contributed by atoms with Crippen LogP contribution in [0, 0.1) is 19.7 Å². The number of benzene rings is 3. The van der Waals surface area contributed by atoms with Crippen molar-refractivity contribution in [2.24, 2.45) is 5.73 Å². The van der Waals surface area contributed by atoms with E-state index in [2.05, 4.69) is 0 Å². The number of rotatable bonds is 5. The average molecular weight is 481 g/mol. The molecule has 0 aliphatic heterocycles. The summed E-state index contributed by atoms with van der Waals surface area (Å²) in [6, 6.07) is 18.0. The van der Waals surface area contributed by atoms with Gasteiger partial charge in [0.1, 0.15) is 10.8 Å². The summed E-state index contributed by atoms with van der Waals surface area (Å²) in [5, 5.41) is 1.71. The smallest absolute Gasteiger partial charge is 0.265 e. The number of halogens is 1. The van der Waals surface area contributed by atoms with Crippen LogP contribution in [0.1, 0.15) is 27.8 Å². The third-order valence-corrected chi connectivity index (χ3v) is 9.48. The summed E-state index contributed by atoms with van der Waals surface area (Å²) in [5.74, 6) is -0.304. The lowest BCUT2D eigenvalue weighted by Gasteiger charge is -2.25. The summed E-state index contributed by atoms with van der Waals surface area (Å²) in [7, 11) is -3.88. The number of nitrogens with zero attached hydrogens (tertiary/aromatic N) is 1. The van der Waals surface area contributed by atoms with Gasteiger partial charge in [-0.2, -0.15) is 0 Å². The van der Waals surface area contributed by atoms with Gasteiger partial charge in [0.2, 0.25) is 0 Å². The van der Waals surface area contributed by atoms with E-state index in [9.17, 15) is 12.8 Å². The lowest BCUT2D eigenvalue weighted by atomic mass is 10.1. The first kappa shape index (κ1) is 22.1. The highest BCUT2D eigenvalue weighted by atomic mass is 32.2. The fourth-order valence-corrected chi connectivity index (χ4v) is 7.53. The topological polar surface area (TPSA) is 63.4 Å². The van der Waals surface area contributed by atoms with Crippen LogP contribution in [-0.4, -0.2) is 14.5 Å². The van der Waals surface area contributed by atoms with Crippen LogP contribution >= 0.6 is 11.3 Å². The highest BCUT2D eigenvalue weighted by Gasteiger charge is 2.30. The second-order valence-electron chi connectivity index (χ2n) is 8.72. The fraction of sp³-hybridized carbons (Fsp3) is 0.231. The predicted molar refractivity (Wildman–Crippen MR) is 133 cm³/mol. The van der Waals surface area contributed by atoms with Crippen LogP contribution in [0.25, 0.3) is 10.1 Å². The Morgan fingerprint density at radius 3 is 2.55 bits per heavy atom. The zero-order chi connectivity index (χ0) is 23.3.